The van der Waals surface area contributed by atoms with Gasteiger partial charge in [-0.15, -0.1) is 0 Å². The van der Waals surface area contributed by atoms with Crippen molar-refractivity contribution < 1.29 is 24.1 Å². The molecule has 0 spiro atoms. The zero-order valence-corrected chi connectivity index (χ0v) is 11.1. The quantitative estimate of drug-likeness (QED) is 0.840. The fourth-order valence-corrected chi connectivity index (χ4v) is 1.97. The van der Waals surface area contributed by atoms with E-state index in [9.17, 15) is 9.90 Å². The fraction of sp³-hybridized carbons (Fsp3) is 0.500. The molecule has 0 saturated heterocycles. The molecule has 0 radical (unpaired) electrons. The molecule has 2 atom stereocenters. The molecule has 1 aromatic rings. The molecule has 19 heavy (non-hydrogen) atoms. The lowest BCUT2D eigenvalue weighted by atomic mass is 9.95. The van der Waals surface area contributed by atoms with Crippen LogP contribution in [0.3, 0.4) is 0 Å². The van der Waals surface area contributed by atoms with Crippen LogP contribution >= 0.6 is 0 Å². The Bertz CT molecular complexity index is 457. The average Bonchev–Trinajstić information content (AvgIpc) is 2.69. The van der Waals surface area contributed by atoms with Crippen LogP contribution in [0.1, 0.15) is 24.8 Å². The molecule has 0 aliphatic carbocycles. The molecule has 1 aliphatic rings. The summed E-state index contributed by atoms with van der Waals surface area (Å²) in [4.78, 5) is 11.3. The summed E-state index contributed by atoms with van der Waals surface area (Å²) >= 11 is 0. The molecular weight excluding hydrogens is 248 g/mol. The predicted octanol–water partition coefficient (Wildman–Crippen LogP) is 1.49. The number of esters is 1. The summed E-state index contributed by atoms with van der Waals surface area (Å²) in [6.45, 7) is 3.00. The van der Waals surface area contributed by atoms with Gasteiger partial charge in [-0.1, -0.05) is 13.0 Å². The first-order valence-electron chi connectivity index (χ1n) is 6.29. The van der Waals surface area contributed by atoms with Crippen molar-refractivity contribution in [3.8, 4) is 11.5 Å². The van der Waals surface area contributed by atoms with Crippen molar-refractivity contribution in [3.05, 3.63) is 23.8 Å². The summed E-state index contributed by atoms with van der Waals surface area (Å²) < 4.78 is 15.7. The van der Waals surface area contributed by atoms with Crippen molar-refractivity contribution in [2.45, 2.75) is 25.4 Å². The highest BCUT2D eigenvalue weighted by Gasteiger charge is 2.25. The highest BCUT2D eigenvalue weighted by atomic mass is 16.5. The van der Waals surface area contributed by atoms with Gasteiger partial charge < -0.3 is 19.3 Å². The van der Waals surface area contributed by atoms with Gasteiger partial charge in [0.25, 0.3) is 0 Å². The molecule has 0 saturated carbocycles. The van der Waals surface area contributed by atoms with Gasteiger partial charge in [0.1, 0.15) is 0 Å². The second kappa shape index (κ2) is 5.93. The van der Waals surface area contributed by atoms with Gasteiger partial charge in [0.05, 0.1) is 20.3 Å². The molecular formula is C14H18O5. The van der Waals surface area contributed by atoms with Crippen LogP contribution in [0.2, 0.25) is 0 Å². The maximum atomic E-state index is 11.3. The number of hydrogen-bond acceptors (Lipinski definition) is 5. The molecule has 0 fully saturated rings. The van der Waals surface area contributed by atoms with Crippen molar-refractivity contribution in [2.24, 2.45) is 0 Å². The van der Waals surface area contributed by atoms with E-state index < -0.39 is 12.1 Å². The molecule has 1 N–H and O–H groups in total. The summed E-state index contributed by atoms with van der Waals surface area (Å²) in [5, 5.41) is 9.85. The molecule has 0 aromatic heterocycles. The summed E-state index contributed by atoms with van der Waals surface area (Å²) in [6, 6.07) is 5.43. The predicted molar refractivity (Wildman–Crippen MR) is 68.5 cm³/mol. The van der Waals surface area contributed by atoms with E-state index in [2.05, 4.69) is 4.74 Å². The summed E-state index contributed by atoms with van der Waals surface area (Å²) in [7, 11) is 1.26. The number of ether oxygens (including phenoxy) is 3. The average molecular weight is 266 g/mol. The molecule has 104 valence electrons. The lowest BCUT2D eigenvalue weighted by molar-refractivity contribution is -0.151. The Morgan fingerprint density at radius 3 is 2.68 bits per heavy atom. The van der Waals surface area contributed by atoms with Crippen LogP contribution in [0, 0.1) is 0 Å². The van der Waals surface area contributed by atoms with E-state index in [4.69, 9.17) is 9.47 Å². The van der Waals surface area contributed by atoms with E-state index in [0.717, 1.165) is 12.0 Å². The Kier molecular flexibility index (Phi) is 4.27. The molecule has 5 nitrogen and oxygen atoms in total. The Labute approximate surface area is 112 Å². The fourth-order valence-electron chi connectivity index (χ4n) is 1.97. The largest absolute Gasteiger partial charge is 0.490 e. The van der Waals surface area contributed by atoms with Crippen LogP contribution in [0.5, 0.6) is 11.5 Å². The number of carbonyl (C=O) groups is 1. The third kappa shape index (κ3) is 2.98. The van der Waals surface area contributed by atoms with Gasteiger partial charge in [-0.3, -0.25) is 0 Å². The van der Waals surface area contributed by atoms with E-state index in [0.29, 0.717) is 24.7 Å². The first-order chi connectivity index (χ1) is 9.13. The van der Waals surface area contributed by atoms with E-state index in [1.807, 2.05) is 6.07 Å². The van der Waals surface area contributed by atoms with Gasteiger partial charge in [-0.2, -0.15) is 0 Å². The minimum Gasteiger partial charge on any atom is -0.490 e. The Morgan fingerprint density at radius 1 is 1.32 bits per heavy atom. The van der Waals surface area contributed by atoms with E-state index >= 15 is 0 Å². The maximum absolute atomic E-state index is 11.3. The summed E-state index contributed by atoms with van der Waals surface area (Å²) in [5.74, 6) is 0.337. The highest BCUT2D eigenvalue weighted by Crippen LogP contribution is 2.33. The third-order valence-corrected chi connectivity index (χ3v) is 3.21. The van der Waals surface area contributed by atoms with Crippen molar-refractivity contribution in [3.63, 3.8) is 0 Å². The first-order valence-corrected chi connectivity index (χ1v) is 6.29. The number of aliphatic hydroxyl groups is 1. The van der Waals surface area contributed by atoms with Gasteiger partial charge in [0, 0.05) is 12.3 Å². The second-order valence-electron chi connectivity index (χ2n) is 4.51. The SMILES string of the molecule is COC(=O)C(O)C(C)c1ccc2c(c1)OCCCO2. The number of fused-ring (bicyclic) bond motifs is 1. The number of methoxy groups -OCH3 is 1. The number of carbonyl (C=O) groups excluding carboxylic acids is 1. The van der Waals surface area contributed by atoms with Gasteiger partial charge in [-0.25, -0.2) is 4.79 Å². The van der Waals surface area contributed by atoms with Gasteiger partial charge in [0.2, 0.25) is 0 Å². The lowest BCUT2D eigenvalue weighted by Crippen LogP contribution is -2.27. The molecule has 2 unspecified atom stereocenters. The first kappa shape index (κ1) is 13.7. The normalized spacial score (nSPS) is 17.2. The Hall–Kier alpha value is -1.75. The van der Waals surface area contributed by atoms with Crippen molar-refractivity contribution >= 4 is 5.97 Å². The van der Waals surface area contributed by atoms with Crippen molar-refractivity contribution in [1.82, 2.24) is 0 Å². The van der Waals surface area contributed by atoms with Gasteiger partial charge in [0.15, 0.2) is 17.6 Å². The molecule has 0 bridgehead atoms. The zero-order chi connectivity index (χ0) is 13.8. The van der Waals surface area contributed by atoms with Crippen molar-refractivity contribution in [1.29, 1.82) is 0 Å². The van der Waals surface area contributed by atoms with Crippen LogP contribution in [-0.4, -0.2) is 37.5 Å². The number of rotatable bonds is 3. The minimum absolute atomic E-state index is 0.371. The van der Waals surface area contributed by atoms with Crippen LogP contribution in [0.15, 0.2) is 18.2 Å². The number of aliphatic hydroxyl groups excluding tert-OH is 1. The molecule has 1 aliphatic heterocycles. The summed E-state index contributed by atoms with van der Waals surface area (Å²) in [5.41, 5.74) is 0.808. The van der Waals surface area contributed by atoms with Crippen molar-refractivity contribution in [2.75, 3.05) is 20.3 Å². The van der Waals surface area contributed by atoms with Crippen LogP contribution < -0.4 is 9.47 Å². The third-order valence-electron chi connectivity index (χ3n) is 3.21. The molecule has 0 amide bonds. The number of benzene rings is 1. The van der Waals surface area contributed by atoms with Gasteiger partial charge >= 0.3 is 5.97 Å². The highest BCUT2D eigenvalue weighted by molar-refractivity contribution is 5.75. The van der Waals surface area contributed by atoms with Crippen LogP contribution in [0.4, 0.5) is 0 Å². The minimum atomic E-state index is -1.19. The summed E-state index contributed by atoms with van der Waals surface area (Å²) in [6.07, 6.45) is -0.348. The second-order valence-corrected chi connectivity index (χ2v) is 4.51. The Balaban J connectivity index is 2.21. The smallest absolute Gasteiger partial charge is 0.335 e. The van der Waals surface area contributed by atoms with E-state index in [-0.39, 0.29) is 5.92 Å². The maximum Gasteiger partial charge on any atom is 0.335 e. The Morgan fingerprint density at radius 2 is 2.00 bits per heavy atom. The van der Waals surface area contributed by atoms with Crippen LogP contribution in [-0.2, 0) is 9.53 Å². The van der Waals surface area contributed by atoms with E-state index in [1.165, 1.54) is 7.11 Å². The topological polar surface area (TPSA) is 65.0 Å². The van der Waals surface area contributed by atoms with Crippen LogP contribution in [0.25, 0.3) is 0 Å². The molecule has 1 heterocycles. The van der Waals surface area contributed by atoms with Gasteiger partial charge in [-0.05, 0) is 17.7 Å². The molecule has 5 heteroatoms. The number of hydrogen-bond donors (Lipinski definition) is 1. The molecule has 2 rings (SSSR count). The monoisotopic (exact) mass is 266 g/mol. The zero-order valence-electron chi connectivity index (χ0n) is 11.1. The standard InChI is InChI=1S/C14H18O5/c1-9(13(15)14(16)17-2)10-4-5-11-12(8-10)19-7-3-6-18-11/h4-5,8-9,13,15H,3,6-7H2,1-2H3. The lowest BCUT2D eigenvalue weighted by Gasteiger charge is -2.18. The van der Waals surface area contributed by atoms with E-state index in [1.54, 1.807) is 19.1 Å². The molecule has 1 aromatic carbocycles.